The summed E-state index contributed by atoms with van der Waals surface area (Å²) in [5.74, 6) is -3.02. The highest BCUT2D eigenvalue weighted by atomic mass is 16.6. The molecule has 1 aromatic rings. The number of esters is 1. The Balaban J connectivity index is 1.77. The number of allylic oxidation sites excluding steroid dienone is 6. The summed E-state index contributed by atoms with van der Waals surface area (Å²) in [7, 11) is 0. The molecule has 0 amide bonds. The van der Waals surface area contributed by atoms with Crippen LogP contribution in [-0.4, -0.2) is 44.1 Å². The number of Topliss-reactive ketones (excluding diaryl/α,β-unsaturated/α-hetero) is 2. The second kappa shape index (κ2) is 10.8. The molecule has 0 radical (unpaired) electrons. The quantitative estimate of drug-likeness (QED) is 0.127. The van der Waals surface area contributed by atoms with Crippen LogP contribution in [-0.2, 0) is 19.1 Å². The molecule has 5 rings (SSSR count). The van der Waals surface area contributed by atoms with Crippen molar-refractivity contribution in [3.8, 4) is 11.5 Å². The summed E-state index contributed by atoms with van der Waals surface area (Å²) in [4.78, 5) is 44.1. The van der Waals surface area contributed by atoms with E-state index in [1.807, 2.05) is 47.6 Å². The number of rotatable bonds is 6. The molecular formula is C38H50O8. The first-order valence-corrected chi connectivity index (χ1v) is 16.4. The zero-order chi connectivity index (χ0) is 34.3. The summed E-state index contributed by atoms with van der Waals surface area (Å²) < 4.78 is 12.8. The van der Waals surface area contributed by atoms with E-state index in [9.17, 15) is 20.1 Å². The highest BCUT2D eigenvalue weighted by Gasteiger charge is 2.78. The molecule has 8 heteroatoms. The van der Waals surface area contributed by atoms with Gasteiger partial charge >= 0.3 is 5.97 Å². The number of hydrogen-bond donors (Lipinski definition) is 3. The first kappa shape index (κ1) is 34.0. The molecule has 4 aliphatic rings. The molecular weight excluding hydrogens is 584 g/mol. The third-order valence-corrected chi connectivity index (χ3v) is 11.7. The minimum atomic E-state index is -1.56. The van der Waals surface area contributed by atoms with Crippen molar-refractivity contribution in [2.24, 2.45) is 27.6 Å². The Morgan fingerprint density at radius 3 is 2.20 bits per heavy atom. The van der Waals surface area contributed by atoms with Crippen LogP contribution in [0.3, 0.4) is 0 Å². The average molecular weight is 635 g/mol. The lowest BCUT2D eigenvalue weighted by Crippen LogP contribution is -2.66. The van der Waals surface area contributed by atoms with Gasteiger partial charge in [-0.25, -0.2) is 4.79 Å². The number of aliphatic hydroxyl groups is 1. The number of phenols is 2. The number of ether oxygens (including phenoxy) is 2. The monoisotopic (exact) mass is 634 g/mol. The van der Waals surface area contributed by atoms with Gasteiger partial charge in [0.1, 0.15) is 16.6 Å². The first-order valence-electron chi connectivity index (χ1n) is 16.4. The minimum Gasteiger partial charge on any atom is -0.504 e. The van der Waals surface area contributed by atoms with Crippen LogP contribution in [0.1, 0.15) is 118 Å². The Kier molecular flexibility index (Phi) is 7.99. The molecule has 46 heavy (non-hydrogen) atoms. The fourth-order valence-corrected chi connectivity index (χ4v) is 8.91. The van der Waals surface area contributed by atoms with Crippen molar-refractivity contribution in [1.82, 2.24) is 0 Å². The molecule has 1 aliphatic heterocycles. The van der Waals surface area contributed by atoms with E-state index >= 15 is 9.59 Å². The molecule has 1 heterocycles. The summed E-state index contributed by atoms with van der Waals surface area (Å²) in [6.07, 6.45) is 7.07. The molecule has 8 nitrogen and oxygen atoms in total. The largest absolute Gasteiger partial charge is 0.504 e. The molecule has 1 saturated heterocycles. The Morgan fingerprint density at radius 1 is 0.957 bits per heavy atom. The molecule has 2 saturated carbocycles. The summed E-state index contributed by atoms with van der Waals surface area (Å²) in [6, 6.07) is 3.53. The van der Waals surface area contributed by atoms with Crippen molar-refractivity contribution >= 4 is 17.5 Å². The van der Waals surface area contributed by atoms with E-state index in [0.717, 1.165) is 23.6 Å². The number of carbonyl (C=O) groups is 3. The highest BCUT2D eigenvalue weighted by Crippen LogP contribution is 2.72. The lowest BCUT2D eigenvalue weighted by atomic mass is 9.40. The van der Waals surface area contributed by atoms with Crippen LogP contribution in [0.2, 0.25) is 0 Å². The summed E-state index contributed by atoms with van der Waals surface area (Å²) >= 11 is 0. The number of carbonyl (C=O) groups excluding carboxylic acids is 3. The van der Waals surface area contributed by atoms with Gasteiger partial charge in [-0.05, 0) is 108 Å². The molecule has 250 valence electrons. The maximum absolute atomic E-state index is 15.3. The van der Waals surface area contributed by atoms with Gasteiger partial charge < -0.3 is 24.8 Å². The SMILES string of the molecule is CC(C)=CCC1CC23CC4(CCC(C)(C)CC4(C)O)OC2=C(OC(=O)c2ccc(O)c(O)c2)C(=O)C(CC=C(C)C)(C3=O)C1(C)C. The molecule has 3 fully saturated rings. The van der Waals surface area contributed by atoms with Crippen LogP contribution in [0.25, 0.3) is 0 Å². The molecule has 5 unspecified atom stereocenters. The van der Waals surface area contributed by atoms with Gasteiger partial charge in [0.05, 0.1) is 11.0 Å². The number of aromatic hydroxyl groups is 2. The van der Waals surface area contributed by atoms with Gasteiger partial charge in [-0.1, -0.05) is 51.0 Å². The maximum atomic E-state index is 15.3. The van der Waals surface area contributed by atoms with Gasteiger partial charge in [0.2, 0.25) is 11.5 Å². The van der Waals surface area contributed by atoms with Crippen LogP contribution < -0.4 is 0 Å². The Labute approximate surface area is 272 Å². The van der Waals surface area contributed by atoms with Crippen LogP contribution in [0.5, 0.6) is 11.5 Å². The van der Waals surface area contributed by atoms with E-state index in [2.05, 4.69) is 19.9 Å². The second-order valence-corrected chi connectivity index (χ2v) is 16.4. The van der Waals surface area contributed by atoms with Crippen molar-refractivity contribution in [3.63, 3.8) is 0 Å². The van der Waals surface area contributed by atoms with Gasteiger partial charge in [0, 0.05) is 6.42 Å². The van der Waals surface area contributed by atoms with Crippen LogP contribution >= 0.6 is 0 Å². The summed E-state index contributed by atoms with van der Waals surface area (Å²) in [5, 5.41) is 32.0. The van der Waals surface area contributed by atoms with Crippen LogP contribution in [0.4, 0.5) is 0 Å². The fraction of sp³-hybridized carbons (Fsp3) is 0.605. The van der Waals surface area contributed by atoms with E-state index < -0.39 is 50.7 Å². The molecule has 2 spiro atoms. The maximum Gasteiger partial charge on any atom is 0.343 e. The van der Waals surface area contributed by atoms with E-state index in [1.165, 1.54) is 12.1 Å². The molecule has 5 atom stereocenters. The lowest BCUT2D eigenvalue weighted by Gasteiger charge is -2.59. The van der Waals surface area contributed by atoms with Gasteiger partial charge in [-0.2, -0.15) is 0 Å². The van der Waals surface area contributed by atoms with Crippen molar-refractivity contribution < 1.29 is 39.2 Å². The minimum absolute atomic E-state index is 0.0457. The normalized spacial score (nSPS) is 34.1. The van der Waals surface area contributed by atoms with Gasteiger partial charge in [0.25, 0.3) is 0 Å². The zero-order valence-electron chi connectivity index (χ0n) is 28.8. The van der Waals surface area contributed by atoms with Gasteiger partial charge in [-0.3, -0.25) is 9.59 Å². The summed E-state index contributed by atoms with van der Waals surface area (Å²) in [6.45, 7) is 17.8. The molecule has 3 N–H and O–H groups in total. The lowest BCUT2D eigenvalue weighted by molar-refractivity contribution is -0.183. The number of fused-ring (bicyclic) bond motifs is 1. The van der Waals surface area contributed by atoms with Crippen molar-refractivity contribution in [2.45, 2.75) is 118 Å². The van der Waals surface area contributed by atoms with E-state index in [0.29, 0.717) is 25.7 Å². The Hall–Kier alpha value is -3.39. The molecule has 3 aliphatic carbocycles. The van der Waals surface area contributed by atoms with Gasteiger partial charge in [0.15, 0.2) is 23.0 Å². The molecule has 1 aromatic carbocycles. The second-order valence-electron chi connectivity index (χ2n) is 16.4. The molecule has 0 aromatic heterocycles. The third kappa shape index (κ3) is 4.94. The Bertz CT molecular complexity index is 1580. The predicted molar refractivity (Wildman–Crippen MR) is 174 cm³/mol. The standard InChI is InChI=1S/C38H50O8/c1-22(2)10-12-25-19-36-21-37(17-16-33(5,6)20-35(37,9)44)46-30(36)28(45-31(42)24-11-13-26(39)27(40)18-24)29(41)38(32(36)43,34(25,7)8)15-14-23(3)4/h10-11,13-14,18,25,39-40,44H,12,15-17,19-21H2,1-9H3. The number of benzene rings is 1. The zero-order valence-corrected chi connectivity index (χ0v) is 28.8. The first-order chi connectivity index (χ1) is 21.1. The van der Waals surface area contributed by atoms with Crippen LogP contribution in [0.15, 0.2) is 53.0 Å². The molecule has 2 bridgehead atoms. The highest BCUT2D eigenvalue weighted by molar-refractivity contribution is 6.21. The number of phenolic OH excluding ortho intramolecular Hbond substituents is 2. The smallest absolute Gasteiger partial charge is 0.343 e. The third-order valence-electron chi connectivity index (χ3n) is 11.7. The topological polar surface area (TPSA) is 130 Å². The van der Waals surface area contributed by atoms with E-state index in [1.54, 1.807) is 6.92 Å². The van der Waals surface area contributed by atoms with E-state index in [-0.39, 0.29) is 47.0 Å². The van der Waals surface area contributed by atoms with Gasteiger partial charge in [-0.15, -0.1) is 0 Å². The van der Waals surface area contributed by atoms with Crippen molar-refractivity contribution in [2.75, 3.05) is 0 Å². The van der Waals surface area contributed by atoms with Crippen molar-refractivity contribution in [1.29, 1.82) is 0 Å². The van der Waals surface area contributed by atoms with E-state index in [4.69, 9.17) is 9.47 Å². The number of hydrogen-bond acceptors (Lipinski definition) is 8. The Morgan fingerprint density at radius 2 is 1.61 bits per heavy atom. The predicted octanol–water partition coefficient (Wildman–Crippen LogP) is 7.47. The summed E-state index contributed by atoms with van der Waals surface area (Å²) in [5.41, 5.74) is -4.35. The van der Waals surface area contributed by atoms with Crippen LogP contribution in [0, 0.1) is 27.6 Å². The van der Waals surface area contributed by atoms with Crippen molar-refractivity contribution in [3.05, 3.63) is 58.6 Å². The number of ketones is 2. The fourth-order valence-electron chi connectivity index (χ4n) is 8.91. The average Bonchev–Trinajstić information content (AvgIpc) is 3.28.